The maximum absolute atomic E-state index is 13.0. The minimum atomic E-state index is -0.440. The van der Waals surface area contributed by atoms with E-state index in [1.807, 2.05) is 0 Å². The Morgan fingerprint density at radius 2 is 2.06 bits per heavy atom. The average molecular weight is 221 g/mol. The van der Waals surface area contributed by atoms with Gasteiger partial charge in [0.2, 0.25) is 0 Å². The van der Waals surface area contributed by atoms with Crippen LogP contribution in [0.15, 0.2) is 23.0 Å². The fraction of sp³-hybridized carbons (Fsp3) is 0.250. The highest BCUT2D eigenvalue weighted by Crippen LogP contribution is 2.29. The third-order valence-corrected chi connectivity index (χ3v) is 2.56. The van der Waals surface area contributed by atoms with Crippen molar-refractivity contribution < 1.29 is 9.50 Å². The molecule has 0 saturated carbocycles. The molecule has 0 saturated heterocycles. The van der Waals surface area contributed by atoms with Crippen LogP contribution in [0.3, 0.4) is 0 Å². The van der Waals surface area contributed by atoms with Crippen molar-refractivity contribution in [1.82, 2.24) is 4.98 Å². The first-order valence-electron chi connectivity index (χ1n) is 5.05. The maximum atomic E-state index is 13.0. The van der Waals surface area contributed by atoms with Crippen molar-refractivity contribution in [1.29, 1.82) is 0 Å². The van der Waals surface area contributed by atoms with Crippen LogP contribution in [-0.4, -0.2) is 10.1 Å². The number of halogens is 1. The van der Waals surface area contributed by atoms with Gasteiger partial charge >= 0.3 is 0 Å². The summed E-state index contributed by atoms with van der Waals surface area (Å²) in [4.78, 5) is 14.3. The lowest BCUT2D eigenvalue weighted by atomic mass is 10.0. The largest absolute Gasteiger partial charge is 0.507 e. The molecule has 84 valence electrons. The van der Waals surface area contributed by atoms with E-state index in [4.69, 9.17) is 0 Å². The zero-order valence-corrected chi connectivity index (χ0v) is 9.04. The van der Waals surface area contributed by atoms with Crippen molar-refractivity contribution >= 4 is 10.9 Å². The van der Waals surface area contributed by atoms with Crippen molar-refractivity contribution in [3.63, 3.8) is 0 Å². The molecule has 0 aliphatic carbocycles. The molecule has 2 N–H and O–H groups in total. The zero-order valence-electron chi connectivity index (χ0n) is 9.04. The van der Waals surface area contributed by atoms with Crippen LogP contribution >= 0.6 is 0 Å². The number of nitrogens with one attached hydrogen (secondary N) is 1. The summed E-state index contributed by atoms with van der Waals surface area (Å²) in [5, 5.41) is 10.3. The molecule has 3 nitrogen and oxygen atoms in total. The molecule has 2 rings (SSSR count). The summed E-state index contributed by atoms with van der Waals surface area (Å²) in [6, 6.07) is 3.90. The van der Waals surface area contributed by atoms with E-state index in [-0.39, 0.29) is 22.8 Å². The van der Waals surface area contributed by atoms with Crippen LogP contribution < -0.4 is 5.56 Å². The number of pyridine rings is 1. The Kier molecular flexibility index (Phi) is 2.42. The molecule has 0 fully saturated rings. The van der Waals surface area contributed by atoms with Crippen molar-refractivity contribution in [2.24, 2.45) is 0 Å². The predicted octanol–water partition coefficient (Wildman–Crippen LogP) is 2.50. The Morgan fingerprint density at radius 3 is 2.69 bits per heavy atom. The highest BCUT2D eigenvalue weighted by atomic mass is 19.1. The van der Waals surface area contributed by atoms with E-state index < -0.39 is 5.82 Å². The number of aromatic nitrogens is 1. The summed E-state index contributed by atoms with van der Waals surface area (Å²) in [6.07, 6.45) is 0. The van der Waals surface area contributed by atoms with E-state index in [0.717, 1.165) is 0 Å². The Labute approximate surface area is 91.5 Å². The number of benzene rings is 1. The van der Waals surface area contributed by atoms with E-state index in [1.165, 1.54) is 18.2 Å². The van der Waals surface area contributed by atoms with Gasteiger partial charge in [0.05, 0.1) is 11.1 Å². The van der Waals surface area contributed by atoms with Crippen LogP contribution in [0.2, 0.25) is 0 Å². The molecule has 0 atom stereocenters. The van der Waals surface area contributed by atoms with Gasteiger partial charge in [0.25, 0.3) is 5.56 Å². The summed E-state index contributed by atoms with van der Waals surface area (Å²) in [5.74, 6) is -0.686. The Hall–Kier alpha value is -1.84. The van der Waals surface area contributed by atoms with Gasteiger partial charge in [0, 0.05) is 5.39 Å². The zero-order chi connectivity index (χ0) is 11.9. The topological polar surface area (TPSA) is 53.1 Å². The number of hydrogen-bond donors (Lipinski definition) is 2. The summed E-state index contributed by atoms with van der Waals surface area (Å²) in [5.41, 5.74) is 0.401. The van der Waals surface area contributed by atoms with Crippen molar-refractivity contribution in [3.8, 4) is 5.75 Å². The van der Waals surface area contributed by atoms with Crippen molar-refractivity contribution in [3.05, 3.63) is 39.9 Å². The lowest BCUT2D eigenvalue weighted by Gasteiger charge is -2.09. The third-order valence-electron chi connectivity index (χ3n) is 2.56. The van der Waals surface area contributed by atoms with E-state index in [0.29, 0.717) is 10.9 Å². The van der Waals surface area contributed by atoms with Crippen LogP contribution in [-0.2, 0) is 0 Å². The summed E-state index contributed by atoms with van der Waals surface area (Å²) < 4.78 is 13.0. The van der Waals surface area contributed by atoms with E-state index in [2.05, 4.69) is 4.98 Å². The van der Waals surface area contributed by atoms with Crippen LogP contribution in [0.25, 0.3) is 10.9 Å². The van der Waals surface area contributed by atoms with Crippen molar-refractivity contribution in [2.45, 2.75) is 19.8 Å². The molecular formula is C12H12FNO2. The molecule has 1 heterocycles. The lowest BCUT2D eigenvalue weighted by Crippen LogP contribution is -2.14. The molecule has 0 amide bonds. The molecule has 16 heavy (non-hydrogen) atoms. The van der Waals surface area contributed by atoms with Crippen LogP contribution in [0.1, 0.15) is 25.3 Å². The minimum absolute atomic E-state index is 0.114. The molecule has 0 aliphatic rings. The highest BCUT2D eigenvalue weighted by Gasteiger charge is 2.14. The van der Waals surface area contributed by atoms with E-state index >= 15 is 0 Å². The van der Waals surface area contributed by atoms with Gasteiger partial charge < -0.3 is 10.1 Å². The number of H-pyrrole nitrogens is 1. The first-order chi connectivity index (χ1) is 7.50. The minimum Gasteiger partial charge on any atom is -0.507 e. The third kappa shape index (κ3) is 1.56. The molecule has 1 aromatic heterocycles. The molecule has 4 heteroatoms. The predicted molar refractivity (Wildman–Crippen MR) is 60.3 cm³/mol. The number of aromatic amines is 1. The summed E-state index contributed by atoms with van der Waals surface area (Å²) in [7, 11) is 0. The molecule has 0 unspecified atom stereocenters. The van der Waals surface area contributed by atoms with Crippen molar-refractivity contribution in [2.75, 3.05) is 0 Å². The van der Waals surface area contributed by atoms with Gasteiger partial charge in [-0.25, -0.2) is 4.39 Å². The molecule has 1 aromatic carbocycles. The van der Waals surface area contributed by atoms with Gasteiger partial charge in [-0.15, -0.1) is 0 Å². The summed E-state index contributed by atoms with van der Waals surface area (Å²) in [6.45, 7) is 3.60. The Morgan fingerprint density at radius 1 is 1.38 bits per heavy atom. The van der Waals surface area contributed by atoms with E-state index in [9.17, 15) is 14.3 Å². The fourth-order valence-corrected chi connectivity index (χ4v) is 1.80. The first-order valence-corrected chi connectivity index (χ1v) is 5.05. The maximum Gasteiger partial charge on any atom is 0.255 e. The Bertz CT molecular complexity index is 602. The number of hydrogen-bond acceptors (Lipinski definition) is 2. The quantitative estimate of drug-likeness (QED) is 0.777. The van der Waals surface area contributed by atoms with Gasteiger partial charge in [0.1, 0.15) is 11.6 Å². The van der Waals surface area contributed by atoms with Gasteiger partial charge in [-0.05, 0) is 24.1 Å². The standard InChI is InChI=1S/C12H12FNO2/c1-6(2)10-11(15)8-5-7(13)3-4-9(8)14-12(10)16/h3-6H,1-2H3,(H2,14,15,16). The summed E-state index contributed by atoms with van der Waals surface area (Å²) >= 11 is 0. The molecular weight excluding hydrogens is 209 g/mol. The number of fused-ring (bicyclic) bond motifs is 1. The average Bonchev–Trinajstić information content (AvgIpc) is 2.19. The molecule has 0 spiro atoms. The monoisotopic (exact) mass is 221 g/mol. The van der Waals surface area contributed by atoms with E-state index in [1.54, 1.807) is 13.8 Å². The van der Waals surface area contributed by atoms with Gasteiger partial charge in [-0.2, -0.15) is 0 Å². The van der Waals surface area contributed by atoms with Gasteiger partial charge in [-0.1, -0.05) is 13.8 Å². The van der Waals surface area contributed by atoms with Gasteiger partial charge in [-0.3, -0.25) is 4.79 Å². The van der Waals surface area contributed by atoms with Crippen LogP contribution in [0, 0.1) is 5.82 Å². The smallest absolute Gasteiger partial charge is 0.255 e. The first kappa shape index (κ1) is 10.7. The highest BCUT2D eigenvalue weighted by molar-refractivity contribution is 5.85. The molecule has 0 radical (unpaired) electrons. The van der Waals surface area contributed by atoms with Crippen LogP contribution in [0.5, 0.6) is 5.75 Å². The molecule has 2 aromatic rings. The second kappa shape index (κ2) is 3.63. The second-order valence-corrected chi connectivity index (χ2v) is 4.06. The molecule has 0 bridgehead atoms. The fourth-order valence-electron chi connectivity index (χ4n) is 1.80. The second-order valence-electron chi connectivity index (χ2n) is 4.06. The van der Waals surface area contributed by atoms with Crippen LogP contribution in [0.4, 0.5) is 4.39 Å². The number of aromatic hydroxyl groups is 1. The number of rotatable bonds is 1. The lowest BCUT2D eigenvalue weighted by molar-refractivity contribution is 0.469. The normalized spacial score (nSPS) is 11.2. The van der Waals surface area contributed by atoms with Gasteiger partial charge in [0.15, 0.2) is 0 Å². The SMILES string of the molecule is CC(C)c1c(O)c2cc(F)ccc2[nH]c1=O. The Balaban J connectivity index is 2.91. The molecule has 0 aliphatic heterocycles.